The van der Waals surface area contributed by atoms with E-state index < -0.39 is 6.04 Å². The van der Waals surface area contributed by atoms with Crippen LogP contribution in [0, 0.1) is 0 Å². The molecule has 1 aliphatic heterocycles. The van der Waals surface area contributed by atoms with Gasteiger partial charge in [0.25, 0.3) is 5.24 Å². The molecule has 1 fully saturated rings. The monoisotopic (exact) mass is 266 g/mol. The fraction of sp³-hybridized carbons (Fsp3) is 0.333. The van der Waals surface area contributed by atoms with Crippen LogP contribution in [0.3, 0.4) is 0 Å². The number of thioether (sulfide) groups is 1. The predicted octanol–water partition coefficient (Wildman–Crippen LogP) is 1.18. The molecule has 2 amide bonds. The second-order valence-corrected chi connectivity index (χ2v) is 5.15. The number of benzene rings is 1. The first-order valence-electron chi connectivity index (χ1n) is 5.52. The lowest BCUT2D eigenvalue weighted by atomic mass is 10.2. The zero-order chi connectivity index (χ0) is 13.1. The van der Waals surface area contributed by atoms with E-state index >= 15 is 0 Å². The molecule has 2 rings (SSSR count). The van der Waals surface area contributed by atoms with Crippen molar-refractivity contribution in [2.75, 3.05) is 12.8 Å². The fourth-order valence-electron chi connectivity index (χ4n) is 1.74. The van der Waals surface area contributed by atoms with E-state index in [9.17, 15) is 14.7 Å². The van der Waals surface area contributed by atoms with Crippen LogP contribution in [-0.2, 0) is 11.3 Å². The minimum atomic E-state index is -0.426. The molecule has 0 bridgehead atoms. The molecule has 1 aromatic carbocycles. The Balaban J connectivity index is 1.95. The molecule has 5 nitrogen and oxygen atoms in total. The largest absolute Gasteiger partial charge is 0.508 e. The van der Waals surface area contributed by atoms with Gasteiger partial charge in [-0.25, -0.2) is 0 Å². The van der Waals surface area contributed by atoms with E-state index in [1.54, 1.807) is 36.2 Å². The Bertz CT molecular complexity index is 461. The molecule has 1 atom stereocenters. The van der Waals surface area contributed by atoms with Gasteiger partial charge in [0.2, 0.25) is 5.91 Å². The van der Waals surface area contributed by atoms with Crippen LogP contribution in [0.4, 0.5) is 4.79 Å². The zero-order valence-electron chi connectivity index (χ0n) is 9.92. The highest BCUT2D eigenvalue weighted by Gasteiger charge is 2.29. The van der Waals surface area contributed by atoms with Gasteiger partial charge < -0.3 is 15.3 Å². The topological polar surface area (TPSA) is 69.6 Å². The number of amides is 2. The van der Waals surface area contributed by atoms with Crippen LogP contribution < -0.4 is 5.32 Å². The molecule has 1 heterocycles. The first-order valence-corrected chi connectivity index (χ1v) is 6.51. The van der Waals surface area contributed by atoms with Gasteiger partial charge >= 0.3 is 0 Å². The summed E-state index contributed by atoms with van der Waals surface area (Å²) in [6.07, 6.45) is 0. The number of carbonyl (C=O) groups excluding carboxylic acids is 2. The maximum absolute atomic E-state index is 12.0. The summed E-state index contributed by atoms with van der Waals surface area (Å²) in [6.45, 7) is 0.455. The summed E-state index contributed by atoms with van der Waals surface area (Å²) in [5, 5.41) is 11.6. The lowest BCUT2D eigenvalue weighted by Gasteiger charge is -2.20. The van der Waals surface area contributed by atoms with Crippen LogP contribution in [0.5, 0.6) is 5.75 Å². The van der Waals surface area contributed by atoms with Crippen molar-refractivity contribution in [3.8, 4) is 5.75 Å². The molecule has 0 spiro atoms. The summed E-state index contributed by atoms with van der Waals surface area (Å²) in [5.41, 5.74) is 0.931. The van der Waals surface area contributed by atoms with Crippen LogP contribution in [0.15, 0.2) is 24.3 Å². The van der Waals surface area contributed by atoms with Gasteiger partial charge in [-0.15, -0.1) is 0 Å². The first kappa shape index (κ1) is 12.8. The van der Waals surface area contributed by atoms with Crippen LogP contribution >= 0.6 is 11.8 Å². The third kappa shape index (κ3) is 2.95. The Morgan fingerprint density at radius 1 is 1.50 bits per heavy atom. The summed E-state index contributed by atoms with van der Waals surface area (Å²) in [4.78, 5) is 24.6. The molecule has 1 unspecified atom stereocenters. The van der Waals surface area contributed by atoms with Gasteiger partial charge in [-0.3, -0.25) is 9.59 Å². The third-order valence-corrected chi connectivity index (χ3v) is 3.58. The van der Waals surface area contributed by atoms with Crippen molar-refractivity contribution >= 4 is 22.9 Å². The van der Waals surface area contributed by atoms with Crippen LogP contribution in [0.2, 0.25) is 0 Å². The maximum Gasteiger partial charge on any atom is 0.279 e. The fourth-order valence-corrected chi connectivity index (χ4v) is 2.51. The highest BCUT2D eigenvalue weighted by Crippen LogP contribution is 2.16. The molecule has 2 N–H and O–H groups in total. The Morgan fingerprint density at radius 3 is 2.72 bits per heavy atom. The highest BCUT2D eigenvalue weighted by molar-refractivity contribution is 8.14. The van der Waals surface area contributed by atoms with E-state index in [0.29, 0.717) is 12.3 Å². The molecule has 1 aliphatic rings. The van der Waals surface area contributed by atoms with E-state index in [2.05, 4.69) is 5.32 Å². The summed E-state index contributed by atoms with van der Waals surface area (Å²) in [7, 11) is 1.70. The van der Waals surface area contributed by atoms with E-state index in [1.165, 1.54) is 0 Å². The summed E-state index contributed by atoms with van der Waals surface area (Å²) >= 11 is 1.13. The second-order valence-electron chi connectivity index (χ2n) is 4.16. The van der Waals surface area contributed by atoms with Crippen molar-refractivity contribution in [2.45, 2.75) is 12.6 Å². The molecule has 1 aromatic rings. The quantitative estimate of drug-likeness (QED) is 0.862. The maximum atomic E-state index is 12.0. The third-order valence-electron chi connectivity index (χ3n) is 2.70. The summed E-state index contributed by atoms with van der Waals surface area (Å²) < 4.78 is 0. The molecule has 6 heteroatoms. The van der Waals surface area contributed by atoms with E-state index in [1.807, 2.05) is 0 Å². The number of hydrogen-bond donors (Lipinski definition) is 2. The SMILES string of the molecule is CN(Cc1ccc(O)cc1)C(=O)C1CSC(=O)N1. The van der Waals surface area contributed by atoms with Crippen molar-refractivity contribution in [3.63, 3.8) is 0 Å². The van der Waals surface area contributed by atoms with Gasteiger partial charge in [-0.1, -0.05) is 23.9 Å². The normalized spacial score (nSPS) is 18.5. The zero-order valence-corrected chi connectivity index (χ0v) is 10.7. The number of hydrogen-bond acceptors (Lipinski definition) is 4. The predicted molar refractivity (Wildman–Crippen MR) is 69.4 cm³/mol. The lowest BCUT2D eigenvalue weighted by Crippen LogP contribution is -2.43. The van der Waals surface area contributed by atoms with Crippen molar-refractivity contribution in [2.24, 2.45) is 0 Å². The molecule has 0 radical (unpaired) electrons. The number of nitrogens with zero attached hydrogens (tertiary/aromatic N) is 1. The van der Waals surface area contributed by atoms with Gasteiger partial charge in [0, 0.05) is 19.3 Å². The summed E-state index contributed by atoms with van der Waals surface area (Å²) in [6, 6.07) is 6.27. The molecule has 0 aromatic heterocycles. The average Bonchev–Trinajstić information content (AvgIpc) is 2.78. The molecule has 0 aliphatic carbocycles. The average molecular weight is 266 g/mol. The molecular formula is C12H14N2O3S. The highest BCUT2D eigenvalue weighted by atomic mass is 32.2. The Hall–Kier alpha value is -1.69. The van der Waals surface area contributed by atoms with Crippen molar-refractivity contribution < 1.29 is 14.7 Å². The van der Waals surface area contributed by atoms with Crippen LogP contribution in [0.25, 0.3) is 0 Å². The lowest BCUT2D eigenvalue weighted by molar-refractivity contribution is -0.131. The van der Waals surface area contributed by atoms with Gasteiger partial charge in [-0.2, -0.15) is 0 Å². The Kier molecular flexibility index (Phi) is 3.76. The molecule has 0 saturated carbocycles. The molecule has 96 valence electrons. The molecule has 1 saturated heterocycles. The smallest absolute Gasteiger partial charge is 0.279 e. The van der Waals surface area contributed by atoms with Crippen molar-refractivity contribution in [1.82, 2.24) is 10.2 Å². The minimum absolute atomic E-state index is 0.0959. The van der Waals surface area contributed by atoms with Gasteiger partial charge in [0.1, 0.15) is 11.8 Å². The van der Waals surface area contributed by atoms with Gasteiger partial charge in [0.05, 0.1) is 0 Å². The Labute approximate surface area is 109 Å². The number of phenolic OH excluding ortho intramolecular Hbond substituents is 1. The van der Waals surface area contributed by atoms with Gasteiger partial charge in [0.15, 0.2) is 0 Å². The summed E-state index contributed by atoms with van der Waals surface area (Å²) in [5.74, 6) is 0.589. The van der Waals surface area contributed by atoms with Gasteiger partial charge in [-0.05, 0) is 17.7 Å². The number of phenols is 1. The second kappa shape index (κ2) is 5.30. The van der Waals surface area contributed by atoms with Crippen molar-refractivity contribution in [1.29, 1.82) is 0 Å². The Morgan fingerprint density at radius 2 is 2.17 bits per heavy atom. The number of nitrogens with one attached hydrogen (secondary N) is 1. The molecule has 18 heavy (non-hydrogen) atoms. The van der Waals surface area contributed by atoms with E-state index in [-0.39, 0.29) is 16.9 Å². The van der Waals surface area contributed by atoms with E-state index in [4.69, 9.17) is 0 Å². The first-order chi connectivity index (χ1) is 8.56. The van der Waals surface area contributed by atoms with Crippen LogP contribution in [-0.4, -0.2) is 40.0 Å². The number of likely N-dealkylation sites (N-methyl/N-ethyl adjacent to an activating group) is 1. The van der Waals surface area contributed by atoms with Crippen LogP contribution in [0.1, 0.15) is 5.56 Å². The number of carbonyl (C=O) groups is 2. The molecular weight excluding hydrogens is 252 g/mol. The van der Waals surface area contributed by atoms with Crippen molar-refractivity contribution in [3.05, 3.63) is 29.8 Å². The number of rotatable bonds is 3. The number of aromatic hydroxyl groups is 1. The minimum Gasteiger partial charge on any atom is -0.508 e. The standard InChI is InChI=1S/C12H14N2O3S/c1-14(6-8-2-4-9(15)5-3-8)11(16)10-7-18-12(17)13-10/h2-5,10,15H,6-7H2,1H3,(H,13,17). The van der Waals surface area contributed by atoms with E-state index in [0.717, 1.165) is 17.3 Å².